The van der Waals surface area contributed by atoms with Gasteiger partial charge >= 0.3 is 0 Å². The molecule has 23 heavy (non-hydrogen) atoms. The number of rotatable bonds is 4. The van der Waals surface area contributed by atoms with Gasteiger partial charge in [0.1, 0.15) is 5.82 Å². The molecule has 124 valence electrons. The van der Waals surface area contributed by atoms with Gasteiger partial charge in [-0.15, -0.1) is 5.10 Å². The van der Waals surface area contributed by atoms with Crippen LogP contribution in [0.3, 0.4) is 0 Å². The van der Waals surface area contributed by atoms with E-state index in [9.17, 15) is 4.79 Å². The summed E-state index contributed by atoms with van der Waals surface area (Å²) in [6.45, 7) is 7.09. The number of carbonyl (C=O) groups is 1. The van der Waals surface area contributed by atoms with Crippen LogP contribution in [0, 0.1) is 5.92 Å². The Balaban J connectivity index is 1.60. The molecule has 1 atom stereocenters. The molecule has 7 nitrogen and oxygen atoms in total. The molecule has 1 aliphatic rings. The fourth-order valence-electron chi connectivity index (χ4n) is 2.97. The summed E-state index contributed by atoms with van der Waals surface area (Å²) in [5.41, 5.74) is 6.85. The Hall–Kier alpha value is -2.15. The average molecular weight is 316 g/mol. The van der Waals surface area contributed by atoms with E-state index in [2.05, 4.69) is 28.8 Å². The molecule has 1 amide bonds. The largest absolute Gasteiger partial charge is 0.352 e. The normalized spacial score (nSPS) is 17.0. The molecule has 3 rings (SSSR count). The lowest BCUT2D eigenvalue weighted by Crippen LogP contribution is -2.53. The van der Waals surface area contributed by atoms with Crippen molar-refractivity contribution in [1.82, 2.24) is 19.5 Å². The van der Waals surface area contributed by atoms with Gasteiger partial charge in [-0.1, -0.05) is 13.8 Å². The number of carbonyl (C=O) groups excluding carboxylic acids is 1. The SMILES string of the molecule is CC(C)C[C@H](N)C(=O)N1CCN(c2ccc3nccn3n2)CC1. The topological polar surface area (TPSA) is 79.8 Å². The van der Waals surface area contributed by atoms with Gasteiger partial charge in [0.25, 0.3) is 0 Å². The van der Waals surface area contributed by atoms with Crippen molar-refractivity contribution in [1.29, 1.82) is 0 Å². The number of hydrogen-bond acceptors (Lipinski definition) is 5. The maximum atomic E-state index is 12.4. The van der Waals surface area contributed by atoms with Crippen molar-refractivity contribution in [3.8, 4) is 0 Å². The molecule has 0 spiro atoms. The molecule has 0 bridgehead atoms. The van der Waals surface area contributed by atoms with E-state index in [1.165, 1.54) is 0 Å². The number of anilines is 1. The average Bonchev–Trinajstić information content (AvgIpc) is 3.01. The van der Waals surface area contributed by atoms with Crippen molar-refractivity contribution >= 4 is 17.4 Å². The van der Waals surface area contributed by atoms with Crippen LogP contribution in [0.5, 0.6) is 0 Å². The maximum Gasteiger partial charge on any atom is 0.239 e. The Morgan fingerprint density at radius 1 is 1.26 bits per heavy atom. The van der Waals surface area contributed by atoms with Crippen molar-refractivity contribution in [3.05, 3.63) is 24.5 Å². The molecular formula is C16H24N6O. The van der Waals surface area contributed by atoms with Gasteiger partial charge in [-0.2, -0.15) is 0 Å². The number of aromatic nitrogens is 3. The highest BCUT2D eigenvalue weighted by Gasteiger charge is 2.26. The summed E-state index contributed by atoms with van der Waals surface area (Å²) in [4.78, 5) is 20.6. The number of nitrogens with two attached hydrogens (primary N) is 1. The third kappa shape index (κ3) is 3.44. The van der Waals surface area contributed by atoms with E-state index in [0.29, 0.717) is 19.0 Å². The number of nitrogens with zero attached hydrogens (tertiary/aromatic N) is 5. The van der Waals surface area contributed by atoms with E-state index < -0.39 is 0 Å². The van der Waals surface area contributed by atoms with Crippen LogP contribution < -0.4 is 10.6 Å². The Labute approximate surface area is 136 Å². The number of hydrogen-bond donors (Lipinski definition) is 1. The van der Waals surface area contributed by atoms with Crippen molar-refractivity contribution in [2.45, 2.75) is 26.3 Å². The smallest absolute Gasteiger partial charge is 0.239 e. The minimum Gasteiger partial charge on any atom is -0.352 e. The number of piperazine rings is 1. The summed E-state index contributed by atoms with van der Waals surface area (Å²) in [6.07, 6.45) is 4.31. The van der Waals surface area contributed by atoms with E-state index in [0.717, 1.165) is 31.0 Å². The molecule has 2 aromatic heterocycles. The van der Waals surface area contributed by atoms with Crippen molar-refractivity contribution in [3.63, 3.8) is 0 Å². The second kappa shape index (κ2) is 6.54. The molecule has 0 saturated carbocycles. The van der Waals surface area contributed by atoms with Gasteiger partial charge in [0.15, 0.2) is 5.65 Å². The molecule has 0 aromatic carbocycles. The third-order valence-corrected chi connectivity index (χ3v) is 4.20. The fourth-order valence-corrected chi connectivity index (χ4v) is 2.97. The van der Waals surface area contributed by atoms with Crippen LogP contribution in [0.4, 0.5) is 5.82 Å². The van der Waals surface area contributed by atoms with E-state index >= 15 is 0 Å². The minimum absolute atomic E-state index is 0.0661. The van der Waals surface area contributed by atoms with Crippen LogP contribution >= 0.6 is 0 Å². The van der Waals surface area contributed by atoms with Gasteiger partial charge < -0.3 is 15.5 Å². The van der Waals surface area contributed by atoms with Gasteiger partial charge in [-0.3, -0.25) is 4.79 Å². The summed E-state index contributed by atoms with van der Waals surface area (Å²) >= 11 is 0. The van der Waals surface area contributed by atoms with E-state index in [1.54, 1.807) is 10.7 Å². The summed E-state index contributed by atoms with van der Waals surface area (Å²) < 4.78 is 1.77. The van der Waals surface area contributed by atoms with Gasteiger partial charge in [-0.25, -0.2) is 9.50 Å². The minimum atomic E-state index is -0.387. The highest BCUT2D eigenvalue weighted by molar-refractivity contribution is 5.81. The third-order valence-electron chi connectivity index (χ3n) is 4.20. The molecule has 1 fully saturated rings. The van der Waals surface area contributed by atoms with Crippen molar-refractivity contribution in [2.24, 2.45) is 11.7 Å². The fraction of sp³-hybridized carbons (Fsp3) is 0.562. The van der Waals surface area contributed by atoms with Crippen LogP contribution in [0.15, 0.2) is 24.5 Å². The van der Waals surface area contributed by atoms with Gasteiger partial charge in [0, 0.05) is 38.6 Å². The predicted molar refractivity (Wildman–Crippen MR) is 89.2 cm³/mol. The highest BCUT2D eigenvalue weighted by atomic mass is 16.2. The lowest BCUT2D eigenvalue weighted by molar-refractivity contribution is -0.133. The highest BCUT2D eigenvalue weighted by Crippen LogP contribution is 2.15. The first-order valence-electron chi connectivity index (χ1n) is 8.14. The molecule has 2 N–H and O–H groups in total. The summed E-state index contributed by atoms with van der Waals surface area (Å²) in [6, 6.07) is 3.55. The molecular weight excluding hydrogens is 292 g/mol. The number of amides is 1. The van der Waals surface area contributed by atoms with Crippen LogP contribution in [0.1, 0.15) is 20.3 Å². The molecule has 0 unspecified atom stereocenters. The van der Waals surface area contributed by atoms with Gasteiger partial charge in [0.05, 0.1) is 6.04 Å². The zero-order valence-corrected chi connectivity index (χ0v) is 13.7. The lowest BCUT2D eigenvalue weighted by atomic mass is 10.0. The Bertz CT molecular complexity index is 674. The van der Waals surface area contributed by atoms with E-state index in [1.807, 2.05) is 23.2 Å². The Morgan fingerprint density at radius 3 is 2.70 bits per heavy atom. The van der Waals surface area contributed by atoms with E-state index in [4.69, 9.17) is 5.73 Å². The quantitative estimate of drug-likeness (QED) is 0.900. The first-order valence-corrected chi connectivity index (χ1v) is 8.14. The maximum absolute atomic E-state index is 12.4. The summed E-state index contributed by atoms with van der Waals surface area (Å²) in [7, 11) is 0. The predicted octanol–water partition coefficient (Wildman–Crippen LogP) is 0.751. The van der Waals surface area contributed by atoms with E-state index in [-0.39, 0.29) is 11.9 Å². The second-order valence-corrected chi connectivity index (χ2v) is 6.47. The van der Waals surface area contributed by atoms with Crippen LogP contribution in [-0.4, -0.2) is 57.6 Å². The van der Waals surface area contributed by atoms with Gasteiger partial charge in [0.2, 0.25) is 5.91 Å². The lowest BCUT2D eigenvalue weighted by Gasteiger charge is -2.36. The summed E-state index contributed by atoms with van der Waals surface area (Å²) in [5, 5.41) is 4.56. The van der Waals surface area contributed by atoms with Crippen LogP contribution in [-0.2, 0) is 4.79 Å². The number of imidazole rings is 1. The zero-order chi connectivity index (χ0) is 16.4. The molecule has 2 aromatic rings. The standard InChI is InChI=1S/C16H24N6O/c1-12(2)11-13(17)16(23)21-9-7-20(8-10-21)15-4-3-14-18-5-6-22(14)19-15/h3-6,12-13H,7-11,17H2,1-2H3/t13-/m0/s1. The molecule has 7 heteroatoms. The number of fused-ring (bicyclic) bond motifs is 1. The molecule has 1 saturated heterocycles. The molecule has 1 aliphatic heterocycles. The second-order valence-electron chi connectivity index (χ2n) is 6.47. The first-order chi connectivity index (χ1) is 11.0. The molecule has 0 aliphatic carbocycles. The van der Waals surface area contributed by atoms with Crippen LogP contribution in [0.2, 0.25) is 0 Å². The summed E-state index contributed by atoms with van der Waals surface area (Å²) in [5.74, 6) is 1.41. The first kappa shape index (κ1) is 15.7. The molecule has 0 radical (unpaired) electrons. The van der Waals surface area contributed by atoms with Crippen molar-refractivity contribution in [2.75, 3.05) is 31.1 Å². The molecule has 3 heterocycles. The zero-order valence-electron chi connectivity index (χ0n) is 13.7. The van der Waals surface area contributed by atoms with Crippen LogP contribution in [0.25, 0.3) is 5.65 Å². The van der Waals surface area contributed by atoms with Crippen molar-refractivity contribution < 1.29 is 4.79 Å². The Kier molecular flexibility index (Phi) is 4.47. The monoisotopic (exact) mass is 316 g/mol. The van der Waals surface area contributed by atoms with Gasteiger partial charge in [-0.05, 0) is 24.5 Å². The Morgan fingerprint density at radius 2 is 2.00 bits per heavy atom.